The highest BCUT2D eigenvalue weighted by Crippen LogP contribution is 2.17. The van der Waals surface area contributed by atoms with Crippen LogP contribution in [0.5, 0.6) is 0 Å². The first-order valence-electron chi connectivity index (χ1n) is 25.5. The molecule has 0 aliphatic carbocycles. The second-order valence-corrected chi connectivity index (χ2v) is 17.2. The van der Waals surface area contributed by atoms with Gasteiger partial charge in [0.25, 0.3) is 0 Å². The van der Waals surface area contributed by atoms with Crippen LogP contribution in [-0.4, -0.2) is 46.9 Å². The Hall–Kier alpha value is -2.44. The number of amides is 1. The second-order valence-electron chi connectivity index (χ2n) is 17.2. The molecular weight excluding hydrogens is 743 g/mol. The van der Waals surface area contributed by atoms with Crippen LogP contribution in [0.1, 0.15) is 245 Å². The third-order valence-electron chi connectivity index (χ3n) is 11.3. The van der Waals surface area contributed by atoms with Crippen LogP contribution in [0.4, 0.5) is 0 Å². The van der Waals surface area contributed by atoms with E-state index in [1.807, 2.05) is 0 Å². The third kappa shape index (κ3) is 42.3. The number of carbonyl (C=O) groups excluding carboxylic acids is 2. The van der Waals surface area contributed by atoms with Crippen molar-refractivity contribution in [3.63, 3.8) is 0 Å². The zero-order valence-corrected chi connectivity index (χ0v) is 39.6. The lowest BCUT2D eigenvalue weighted by molar-refractivity contribution is -0.151. The Balaban J connectivity index is 4.55. The molecule has 3 N–H and O–H groups in total. The smallest absolute Gasteiger partial charge is 0.306 e. The highest BCUT2D eigenvalue weighted by atomic mass is 16.5. The van der Waals surface area contributed by atoms with E-state index in [9.17, 15) is 19.8 Å². The van der Waals surface area contributed by atoms with Gasteiger partial charge < -0.3 is 20.3 Å². The highest BCUT2D eigenvalue weighted by molar-refractivity contribution is 5.77. The summed E-state index contributed by atoms with van der Waals surface area (Å²) in [7, 11) is 0. The molecule has 0 radical (unpaired) electrons. The summed E-state index contributed by atoms with van der Waals surface area (Å²) in [6, 6.07) is -0.717. The SMILES string of the molecule is CCCC/C=C\CCCCCC(CC(=O)NC(CO)C(O)CCCCCCCCCCCCCCCCC)OC(=O)CCC/C=C\C/C=C\C/C=C\C/C=C\CCCCC. The van der Waals surface area contributed by atoms with Crippen molar-refractivity contribution in [2.24, 2.45) is 0 Å². The fourth-order valence-electron chi connectivity index (χ4n) is 7.40. The molecule has 0 bridgehead atoms. The van der Waals surface area contributed by atoms with Gasteiger partial charge in [0, 0.05) is 6.42 Å². The summed E-state index contributed by atoms with van der Waals surface area (Å²) < 4.78 is 5.87. The number of hydrogen-bond donors (Lipinski definition) is 3. The van der Waals surface area contributed by atoms with Gasteiger partial charge in [-0.25, -0.2) is 0 Å². The molecule has 348 valence electrons. The molecule has 0 aliphatic heterocycles. The highest BCUT2D eigenvalue weighted by Gasteiger charge is 2.24. The van der Waals surface area contributed by atoms with Crippen LogP contribution < -0.4 is 5.32 Å². The second kappa shape index (κ2) is 47.6. The van der Waals surface area contributed by atoms with E-state index in [-0.39, 0.29) is 24.9 Å². The molecule has 0 saturated heterocycles. The molecule has 6 nitrogen and oxygen atoms in total. The van der Waals surface area contributed by atoms with Crippen molar-refractivity contribution < 1.29 is 24.5 Å². The molecule has 0 rings (SSSR count). The van der Waals surface area contributed by atoms with E-state index < -0.39 is 18.2 Å². The summed E-state index contributed by atoms with van der Waals surface area (Å²) in [6.45, 7) is 6.39. The third-order valence-corrected chi connectivity index (χ3v) is 11.3. The Morgan fingerprint density at radius 2 is 0.867 bits per heavy atom. The van der Waals surface area contributed by atoms with Crippen molar-refractivity contribution in [1.29, 1.82) is 0 Å². The summed E-state index contributed by atoms with van der Waals surface area (Å²) >= 11 is 0. The molecule has 0 aromatic carbocycles. The number of rotatable bonds is 45. The summed E-state index contributed by atoms with van der Waals surface area (Å²) in [4.78, 5) is 26.0. The Morgan fingerprint density at radius 1 is 0.483 bits per heavy atom. The Bertz CT molecular complexity index is 1080. The number of unbranched alkanes of at least 4 members (excludes halogenated alkanes) is 23. The van der Waals surface area contributed by atoms with Crippen LogP contribution >= 0.6 is 0 Å². The normalized spacial score (nSPS) is 13.8. The summed E-state index contributed by atoms with van der Waals surface area (Å²) in [5, 5.41) is 23.7. The molecule has 6 heteroatoms. The van der Waals surface area contributed by atoms with Gasteiger partial charge in [-0.15, -0.1) is 0 Å². The van der Waals surface area contributed by atoms with Crippen LogP contribution in [0.15, 0.2) is 60.8 Å². The van der Waals surface area contributed by atoms with Crippen LogP contribution in [0, 0.1) is 0 Å². The van der Waals surface area contributed by atoms with E-state index in [4.69, 9.17) is 4.74 Å². The molecule has 3 unspecified atom stereocenters. The minimum absolute atomic E-state index is 0.0437. The molecule has 60 heavy (non-hydrogen) atoms. The fourth-order valence-corrected chi connectivity index (χ4v) is 7.40. The quantitative estimate of drug-likeness (QED) is 0.0322. The Labute approximate surface area is 371 Å². The summed E-state index contributed by atoms with van der Waals surface area (Å²) in [5.41, 5.74) is 0. The van der Waals surface area contributed by atoms with E-state index in [1.54, 1.807) is 0 Å². The van der Waals surface area contributed by atoms with Crippen molar-refractivity contribution >= 4 is 11.9 Å². The number of aliphatic hydroxyl groups is 2. The van der Waals surface area contributed by atoms with E-state index in [2.05, 4.69) is 86.8 Å². The largest absolute Gasteiger partial charge is 0.462 e. The number of allylic oxidation sites excluding steroid dienone is 10. The van der Waals surface area contributed by atoms with E-state index in [0.717, 1.165) is 77.0 Å². The van der Waals surface area contributed by atoms with Crippen molar-refractivity contribution in [2.45, 2.75) is 264 Å². The summed E-state index contributed by atoms with van der Waals surface area (Å²) in [5.74, 6) is -0.558. The molecule has 0 spiro atoms. The molecule has 0 heterocycles. The van der Waals surface area contributed by atoms with Crippen LogP contribution in [0.25, 0.3) is 0 Å². The van der Waals surface area contributed by atoms with Crippen molar-refractivity contribution in [3.8, 4) is 0 Å². The predicted molar refractivity (Wildman–Crippen MR) is 259 cm³/mol. The first-order valence-corrected chi connectivity index (χ1v) is 25.5. The van der Waals surface area contributed by atoms with Gasteiger partial charge in [-0.05, 0) is 83.5 Å². The van der Waals surface area contributed by atoms with Gasteiger partial charge in [0.1, 0.15) is 6.10 Å². The lowest BCUT2D eigenvalue weighted by Gasteiger charge is -2.24. The molecule has 0 aromatic rings. The van der Waals surface area contributed by atoms with Gasteiger partial charge in [-0.2, -0.15) is 0 Å². The van der Waals surface area contributed by atoms with Crippen LogP contribution in [-0.2, 0) is 14.3 Å². The van der Waals surface area contributed by atoms with Gasteiger partial charge in [-0.1, -0.05) is 210 Å². The Morgan fingerprint density at radius 3 is 1.38 bits per heavy atom. The lowest BCUT2D eigenvalue weighted by atomic mass is 10.0. The number of hydrogen-bond acceptors (Lipinski definition) is 5. The van der Waals surface area contributed by atoms with E-state index in [1.165, 1.54) is 116 Å². The molecule has 1 amide bonds. The van der Waals surface area contributed by atoms with E-state index in [0.29, 0.717) is 25.7 Å². The maximum atomic E-state index is 13.2. The monoisotopic (exact) mass is 840 g/mol. The first-order chi connectivity index (χ1) is 29.5. The number of aliphatic hydroxyl groups excluding tert-OH is 2. The lowest BCUT2D eigenvalue weighted by Crippen LogP contribution is -2.46. The van der Waals surface area contributed by atoms with Crippen molar-refractivity contribution in [2.75, 3.05) is 6.61 Å². The first kappa shape index (κ1) is 57.6. The number of carbonyl (C=O) groups is 2. The number of nitrogens with one attached hydrogen (secondary N) is 1. The van der Waals surface area contributed by atoms with Gasteiger partial charge in [0.05, 0.1) is 25.2 Å². The van der Waals surface area contributed by atoms with Crippen LogP contribution in [0.2, 0.25) is 0 Å². The van der Waals surface area contributed by atoms with Gasteiger partial charge in [-0.3, -0.25) is 9.59 Å². The number of esters is 1. The maximum absolute atomic E-state index is 13.2. The average molecular weight is 840 g/mol. The zero-order chi connectivity index (χ0) is 43.8. The van der Waals surface area contributed by atoms with Crippen molar-refractivity contribution in [3.05, 3.63) is 60.8 Å². The van der Waals surface area contributed by atoms with Gasteiger partial charge in [0.15, 0.2) is 0 Å². The molecule has 0 aromatic heterocycles. The van der Waals surface area contributed by atoms with Gasteiger partial charge >= 0.3 is 5.97 Å². The standard InChI is InChI=1S/C54H97NO5/c1-4-7-10-13-16-19-21-23-25-26-28-30-32-35-38-41-44-47-54(59)60-50(45-42-39-36-33-18-15-12-9-6-3)48-53(58)55-51(49-56)52(57)46-43-40-37-34-31-29-27-24-22-20-17-14-11-8-5-2/h15-16,18-19,23,25,28,30,35,38,50-52,56-57H,4-14,17,20-22,24,26-27,29,31-34,36-37,39-49H2,1-3H3,(H,55,58)/b18-15-,19-16-,25-23-,30-28-,38-35-. The zero-order valence-electron chi connectivity index (χ0n) is 39.6. The fraction of sp³-hybridized carbons (Fsp3) is 0.778. The Kier molecular flexibility index (Phi) is 45.7. The molecule has 0 aliphatic rings. The van der Waals surface area contributed by atoms with E-state index >= 15 is 0 Å². The minimum Gasteiger partial charge on any atom is -0.462 e. The molecule has 3 atom stereocenters. The molecular formula is C54H97NO5. The number of ether oxygens (including phenoxy) is 1. The average Bonchev–Trinajstić information content (AvgIpc) is 3.24. The summed E-state index contributed by atoms with van der Waals surface area (Å²) in [6.07, 6.45) is 58.6. The minimum atomic E-state index is -0.801. The topological polar surface area (TPSA) is 95.9 Å². The molecule has 0 fully saturated rings. The predicted octanol–water partition coefficient (Wildman–Crippen LogP) is 15.2. The van der Waals surface area contributed by atoms with Crippen LogP contribution in [0.3, 0.4) is 0 Å². The van der Waals surface area contributed by atoms with Crippen molar-refractivity contribution in [1.82, 2.24) is 5.32 Å². The molecule has 0 saturated carbocycles. The van der Waals surface area contributed by atoms with Gasteiger partial charge in [0.2, 0.25) is 5.91 Å². The maximum Gasteiger partial charge on any atom is 0.306 e.